The van der Waals surface area contributed by atoms with Crippen molar-refractivity contribution in [3.8, 4) is 5.75 Å². The number of aromatic nitrogens is 2. The van der Waals surface area contributed by atoms with Crippen molar-refractivity contribution in [2.75, 3.05) is 6.61 Å². The highest BCUT2D eigenvalue weighted by molar-refractivity contribution is 5.77. The highest BCUT2D eigenvalue weighted by atomic mass is 16.5. The first-order chi connectivity index (χ1) is 5.72. The topological polar surface area (TPSA) is 44.1 Å². The minimum absolute atomic E-state index is 0.0132. The second-order valence-electron chi connectivity index (χ2n) is 2.52. The SMILES string of the molecule is CCn1cc(OCC(C)=O)cn1. The summed E-state index contributed by atoms with van der Waals surface area (Å²) >= 11 is 0. The lowest BCUT2D eigenvalue weighted by Crippen LogP contribution is -2.05. The first-order valence-electron chi connectivity index (χ1n) is 3.87. The molecule has 0 aliphatic rings. The Bertz CT molecular complexity index is 268. The van der Waals surface area contributed by atoms with Crippen LogP contribution < -0.4 is 4.74 Å². The molecule has 1 rings (SSSR count). The molecule has 12 heavy (non-hydrogen) atoms. The lowest BCUT2D eigenvalue weighted by Gasteiger charge is -1.97. The van der Waals surface area contributed by atoms with Crippen LogP contribution in [0.3, 0.4) is 0 Å². The molecule has 0 saturated carbocycles. The zero-order valence-corrected chi connectivity index (χ0v) is 7.28. The molecule has 0 amide bonds. The number of aryl methyl sites for hydroxylation is 1. The van der Waals surface area contributed by atoms with Gasteiger partial charge in [0, 0.05) is 6.54 Å². The van der Waals surface area contributed by atoms with Gasteiger partial charge in [-0.15, -0.1) is 0 Å². The normalized spacial score (nSPS) is 9.83. The number of Topliss-reactive ketones (excluding diaryl/α,β-unsaturated/α-hetero) is 1. The molecular weight excluding hydrogens is 156 g/mol. The van der Waals surface area contributed by atoms with Crippen molar-refractivity contribution >= 4 is 5.78 Å². The molecule has 0 bridgehead atoms. The van der Waals surface area contributed by atoms with Crippen LogP contribution in [0.2, 0.25) is 0 Å². The molecule has 0 aliphatic heterocycles. The van der Waals surface area contributed by atoms with E-state index in [1.54, 1.807) is 17.1 Å². The Hall–Kier alpha value is -1.32. The van der Waals surface area contributed by atoms with Crippen LogP contribution in [0, 0.1) is 0 Å². The summed E-state index contributed by atoms with van der Waals surface area (Å²) in [6, 6.07) is 0. The van der Waals surface area contributed by atoms with E-state index in [-0.39, 0.29) is 12.4 Å². The fourth-order valence-corrected chi connectivity index (χ4v) is 0.777. The van der Waals surface area contributed by atoms with Crippen molar-refractivity contribution < 1.29 is 9.53 Å². The summed E-state index contributed by atoms with van der Waals surface area (Å²) in [4.78, 5) is 10.5. The third-order valence-electron chi connectivity index (χ3n) is 1.38. The van der Waals surface area contributed by atoms with Crippen LogP contribution in [-0.4, -0.2) is 22.2 Å². The Morgan fingerprint density at radius 3 is 3.00 bits per heavy atom. The summed E-state index contributed by atoms with van der Waals surface area (Å²) in [5.41, 5.74) is 0. The van der Waals surface area contributed by atoms with Gasteiger partial charge in [0.15, 0.2) is 11.5 Å². The average Bonchev–Trinajstić information content (AvgIpc) is 2.48. The van der Waals surface area contributed by atoms with Gasteiger partial charge in [-0.2, -0.15) is 5.10 Å². The quantitative estimate of drug-likeness (QED) is 0.670. The summed E-state index contributed by atoms with van der Waals surface area (Å²) in [5, 5.41) is 3.99. The molecule has 0 fully saturated rings. The summed E-state index contributed by atoms with van der Waals surface area (Å²) in [5.74, 6) is 0.659. The van der Waals surface area contributed by atoms with Gasteiger partial charge in [0.25, 0.3) is 0 Å². The van der Waals surface area contributed by atoms with Gasteiger partial charge < -0.3 is 4.74 Å². The van der Waals surface area contributed by atoms with Crippen LogP contribution in [0.5, 0.6) is 5.75 Å². The largest absolute Gasteiger partial charge is 0.483 e. The third kappa shape index (κ3) is 2.38. The number of ether oxygens (including phenoxy) is 1. The van der Waals surface area contributed by atoms with E-state index in [9.17, 15) is 4.79 Å². The van der Waals surface area contributed by atoms with E-state index in [0.29, 0.717) is 5.75 Å². The number of ketones is 1. The van der Waals surface area contributed by atoms with E-state index in [4.69, 9.17) is 4.74 Å². The molecule has 4 heteroatoms. The maximum absolute atomic E-state index is 10.5. The van der Waals surface area contributed by atoms with E-state index >= 15 is 0 Å². The molecule has 0 atom stereocenters. The minimum atomic E-state index is 0.0132. The standard InChI is InChI=1S/C8H12N2O2/c1-3-10-5-8(4-9-10)12-6-7(2)11/h4-5H,3,6H2,1-2H3. The van der Waals surface area contributed by atoms with Crippen molar-refractivity contribution in [2.45, 2.75) is 20.4 Å². The predicted molar refractivity (Wildman–Crippen MR) is 44.1 cm³/mol. The molecule has 0 aliphatic carbocycles. The number of carbonyl (C=O) groups is 1. The fourth-order valence-electron chi connectivity index (χ4n) is 0.777. The van der Waals surface area contributed by atoms with Crippen LogP contribution in [0.1, 0.15) is 13.8 Å². The molecule has 0 unspecified atom stereocenters. The average molecular weight is 168 g/mol. The second kappa shape index (κ2) is 3.90. The van der Waals surface area contributed by atoms with Gasteiger partial charge in [0.2, 0.25) is 0 Å². The van der Waals surface area contributed by atoms with Gasteiger partial charge in [0.1, 0.15) is 6.61 Å². The van der Waals surface area contributed by atoms with E-state index < -0.39 is 0 Å². The van der Waals surface area contributed by atoms with Crippen LogP contribution in [0.15, 0.2) is 12.4 Å². The van der Waals surface area contributed by atoms with Crippen molar-refractivity contribution in [3.63, 3.8) is 0 Å². The van der Waals surface area contributed by atoms with Gasteiger partial charge in [-0.1, -0.05) is 0 Å². The number of hydrogen-bond donors (Lipinski definition) is 0. The Morgan fingerprint density at radius 1 is 1.75 bits per heavy atom. The smallest absolute Gasteiger partial charge is 0.167 e. The maximum Gasteiger partial charge on any atom is 0.167 e. The monoisotopic (exact) mass is 168 g/mol. The van der Waals surface area contributed by atoms with Crippen LogP contribution in [-0.2, 0) is 11.3 Å². The van der Waals surface area contributed by atoms with E-state index in [1.165, 1.54) is 6.92 Å². The van der Waals surface area contributed by atoms with Gasteiger partial charge >= 0.3 is 0 Å². The molecule has 0 spiro atoms. The zero-order valence-electron chi connectivity index (χ0n) is 7.28. The number of hydrogen-bond acceptors (Lipinski definition) is 3. The van der Waals surface area contributed by atoms with Crippen LogP contribution in [0.25, 0.3) is 0 Å². The van der Waals surface area contributed by atoms with Crippen LogP contribution in [0.4, 0.5) is 0 Å². The molecule has 0 radical (unpaired) electrons. The van der Waals surface area contributed by atoms with Crippen LogP contribution >= 0.6 is 0 Å². The molecule has 1 aromatic heterocycles. The molecular formula is C8H12N2O2. The van der Waals surface area contributed by atoms with Gasteiger partial charge in [-0.05, 0) is 13.8 Å². The molecule has 66 valence electrons. The summed E-state index contributed by atoms with van der Waals surface area (Å²) < 4.78 is 6.86. The van der Waals surface area contributed by atoms with E-state index in [2.05, 4.69) is 5.10 Å². The highest BCUT2D eigenvalue weighted by Crippen LogP contribution is 2.07. The van der Waals surface area contributed by atoms with Gasteiger partial charge in [0.05, 0.1) is 12.4 Å². The second-order valence-corrected chi connectivity index (χ2v) is 2.52. The fraction of sp³-hybridized carbons (Fsp3) is 0.500. The molecule has 1 heterocycles. The first kappa shape index (κ1) is 8.77. The van der Waals surface area contributed by atoms with Crippen molar-refractivity contribution in [1.29, 1.82) is 0 Å². The predicted octanol–water partition coefficient (Wildman–Crippen LogP) is 0.871. The zero-order chi connectivity index (χ0) is 8.97. The van der Waals surface area contributed by atoms with Crippen molar-refractivity contribution in [1.82, 2.24) is 9.78 Å². The number of carbonyl (C=O) groups excluding carboxylic acids is 1. The molecule has 0 aromatic carbocycles. The lowest BCUT2D eigenvalue weighted by molar-refractivity contribution is -0.118. The summed E-state index contributed by atoms with van der Waals surface area (Å²) in [6.45, 7) is 4.41. The molecule has 0 N–H and O–H groups in total. The Morgan fingerprint density at radius 2 is 2.50 bits per heavy atom. The molecule has 1 aromatic rings. The summed E-state index contributed by atoms with van der Waals surface area (Å²) in [7, 11) is 0. The Balaban J connectivity index is 2.47. The highest BCUT2D eigenvalue weighted by Gasteiger charge is 1.98. The first-order valence-corrected chi connectivity index (χ1v) is 3.87. The summed E-state index contributed by atoms with van der Waals surface area (Å²) in [6.07, 6.45) is 3.37. The van der Waals surface area contributed by atoms with E-state index in [0.717, 1.165) is 6.54 Å². The van der Waals surface area contributed by atoms with Crippen molar-refractivity contribution in [2.24, 2.45) is 0 Å². The maximum atomic E-state index is 10.5. The third-order valence-corrected chi connectivity index (χ3v) is 1.38. The van der Waals surface area contributed by atoms with Gasteiger partial charge in [-0.3, -0.25) is 9.48 Å². The minimum Gasteiger partial charge on any atom is -0.483 e. The van der Waals surface area contributed by atoms with Gasteiger partial charge in [-0.25, -0.2) is 0 Å². The van der Waals surface area contributed by atoms with Crippen molar-refractivity contribution in [3.05, 3.63) is 12.4 Å². The number of rotatable bonds is 4. The van der Waals surface area contributed by atoms with E-state index in [1.807, 2.05) is 6.92 Å². The number of nitrogens with zero attached hydrogens (tertiary/aromatic N) is 2. The lowest BCUT2D eigenvalue weighted by atomic mass is 10.5. The Labute approximate surface area is 71.1 Å². The molecule has 4 nitrogen and oxygen atoms in total. The Kier molecular flexibility index (Phi) is 2.85. The molecule has 0 saturated heterocycles.